The number of esters is 6. The first-order chi connectivity index (χ1) is 20.6. The quantitative estimate of drug-likeness (QED) is 0.298. The number of hydrogen-bond acceptors (Lipinski definition) is 14. The molecule has 0 aromatic carbocycles. The summed E-state index contributed by atoms with van der Waals surface area (Å²) in [6.07, 6.45) is -6.83. The number of rotatable bonds is 7. The Morgan fingerprint density at radius 2 is 1.40 bits per heavy atom. The molecule has 252 valence electrons. The van der Waals surface area contributed by atoms with E-state index >= 15 is 0 Å². The molecular weight excluding hydrogens is 596 g/mol. The first-order valence-electron chi connectivity index (χ1n) is 15.2. The molecule has 0 radical (unpaired) electrons. The predicted octanol–water partition coefficient (Wildman–Crippen LogP) is 1.29. The van der Waals surface area contributed by atoms with Crippen molar-refractivity contribution >= 4 is 35.8 Å². The second kappa shape index (κ2) is 11.2. The Balaban J connectivity index is 2.24. The summed E-state index contributed by atoms with van der Waals surface area (Å²) in [4.78, 5) is 77.7. The third-order valence-electron chi connectivity index (χ3n) is 10.4. The topological polar surface area (TPSA) is 198 Å². The first kappa shape index (κ1) is 34.6. The van der Waals surface area contributed by atoms with E-state index in [0.717, 1.165) is 27.7 Å². The summed E-state index contributed by atoms with van der Waals surface area (Å²) in [5.74, 6) is -8.24. The molecule has 3 aliphatic carbocycles. The number of carbonyl (C=O) groups is 6. The van der Waals surface area contributed by atoms with Gasteiger partial charge in [-0.2, -0.15) is 0 Å². The minimum absolute atomic E-state index is 0.0949. The lowest BCUT2D eigenvalue weighted by Gasteiger charge is -2.54. The van der Waals surface area contributed by atoms with Gasteiger partial charge in [-0.15, -0.1) is 0 Å². The zero-order valence-corrected chi connectivity index (χ0v) is 27.2. The van der Waals surface area contributed by atoms with Crippen LogP contribution in [0.4, 0.5) is 0 Å². The van der Waals surface area contributed by atoms with Crippen molar-refractivity contribution < 1.29 is 67.4 Å². The van der Waals surface area contributed by atoms with E-state index in [-0.39, 0.29) is 19.3 Å². The highest BCUT2D eigenvalue weighted by atomic mass is 16.6. The van der Waals surface area contributed by atoms with Crippen molar-refractivity contribution in [3.63, 3.8) is 0 Å². The number of hydrogen-bond donors (Lipinski definition) is 2. The minimum Gasteiger partial charge on any atom is -0.461 e. The zero-order chi connectivity index (χ0) is 34.1. The van der Waals surface area contributed by atoms with Crippen LogP contribution in [0.2, 0.25) is 0 Å². The summed E-state index contributed by atoms with van der Waals surface area (Å²) < 4.78 is 35.9. The van der Waals surface area contributed by atoms with Gasteiger partial charge in [0.1, 0.15) is 11.7 Å². The van der Waals surface area contributed by atoms with Crippen LogP contribution in [0.3, 0.4) is 0 Å². The van der Waals surface area contributed by atoms with Crippen molar-refractivity contribution in [3.05, 3.63) is 0 Å². The van der Waals surface area contributed by atoms with Gasteiger partial charge >= 0.3 is 35.8 Å². The third-order valence-corrected chi connectivity index (χ3v) is 10.4. The lowest BCUT2D eigenvalue weighted by molar-refractivity contribution is -0.265. The maximum atomic E-state index is 13.1. The van der Waals surface area contributed by atoms with E-state index < -0.39 is 112 Å². The molecule has 2 bridgehead atoms. The molecule has 3 saturated carbocycles. The molecule has 2 N–H and O–H groups in total. The molecule has 1 saturated heterocycles. The van der Waals surface area contributed by atoms with Gasteiger partial charge in [-0.3, -0.25) is 28.8 Å². The van der Waals surface area contributed by atoms with Crippen molar-refractivity contribution in [2.45, 2.75) is 135 Å². The highest BCUT2D eigenvalue weighted by molar-refractivity contribution is 5.75. The number of aliphatic hydroxyl groups is 2. The maximum Gasteiger partial charge on any atom is 0.307 e. The highest BCUT2D eigenvalue weighted by Gasteiger charge is 2.86. The lowest BCUT2D eigenvalue weighted by atomic mass is 9.55. The van der Waals surface area contributed by atoms with E-state index in [2.05, 4.69) is 0 Å². The Morgan fingerprint density at radius 1 is 0.844 bits per heavy atom. The fourth-order valence-corrected chi connectivity index (χ4v) is 9.26. The lowest BCUT2D eigenvalue weighted by Crippen LogP contribution is -2.70. The summed E-state index contributed by atoms with van der Waals surface area (Å²) in [6, 6.07) is 0. The second-order valence-corrected chi connectivity index (χ2v) is 13.6. The SMILES string of the molecule is CCC(=O)O[C@@H]1[C@H]2CC[C@H]3[C@@](C)(O)[C@@H]4CC(=O)O[C@]4(C(C)(C)O)[C@H](OC(C)=O)[C@@H](OC(C)=O)[C@@]13[C@@H](OC(C)=O)[C@@]2(C)OC(C)=O. The van der Waals surface area contributed by atoms with Gasteiger partial charge in [0.2, 0.25) is 0 Å². The Labute approximate surface area is 261 Å². The number of carbonyl (C=O) groups excluding carboxylic acids is 6. The largest absolute Gasteiger partial charge is 0.461 e. The minimum atomic E-state index is -2.23. The van der Waals surface area contributed by atoms with Crippen LogP contribution in [0.15, 0.2) is 0 Å². The van der Waals surface area contributed by atoms with Crippen LogP contribution >= 0.6 is 0 Å². The fourth-order valence-electron chi connectivity index (χ4n) is 9.26. The molecule has 1 aliphatic heterocycles. The van der Waals surface area contributed by atoms with E-state index in [1.54, 1.807) is 6.92 Å². The third kappa shape index (κ3) is 4.99. The van der Waals surface area contributed by atoms with Crippen molar-refractivity contribution in [2.75, 3.05) is 0 Å². The van der Waals surface area contributed by atoms with E-state index in [0.29, 0.717) is 0 Å². The Kier molecular flexibility index (Phi) is 8.63. The standard InChI is InChI=1S/C31H44O14/c1-10-21(36)43-23-18-11-12-19-28(8,39)20-13-22(37)45-31(20,27(6,7)38)25(41-15(3)33)24(40-14(2)32)30(19,23)26(42-16(4)34)29(18,9)44-17(5)35/h18-20,23-26,38-39H,10-13H2,1-9H3/t18-,19+,20+,23-,24-,25-,26+,28-,29+,30+,31+/m1/s1. The van der Waals surface area contributed by atoms with Crippen LogP contribution in [-0.2, 0) is 57.2 Å². The van der Waals surface area contributed by atoms with Crippen molar-refractivity contribution in [2.24, 2.45) is 23.2 Å². The van der Waals surface area contributed by atoms with Gasteiger partial charge in [0.05, 0.1) is 17.4 Å². The molecule has 4 rings (SSSR count). The smallest absolute Gasteiger partial charge is 0.307 e. The van der Waals surface area contributed by atoms with Crippen molar-refractivity contribution in [3.8, 4) is 0 Å². The molecule has 14 heteroatoms. The average molecular weight is 641 g/mol. The summed E-state index contributed by atoms with van der Waals surface area (Å²) >= 11 is 0. The summed E-state index contributed by atoms with van der Waals surface area (Å²) in [5.41, 5.74) is -10.0. The predicted molar refractivity (Wildman–Crippen MR) is 150 cm³/mol. The normalized spacial score (nSPS) is 41.8. The van der Waals surface area contributed by atoms with Gasteiger partial charge in [-0.1, -0.05) is 6.92 Å². The molecule has 45 heavy (non-hydrogen) atoms. The van der Waals surface area contributed by atoms with Crippen molar-refractivity contribution in [1.29, 1.82) is 0 Å². The Morgan fingerprint density at radius 3 is 1.89 bits per heavy atom. The van der Waals surface area contributed by atoms with Crippen LogP contribution in [0.5, 0.6) is 0 Å². The number of fused-ring (bicyclic) bond motifs is 2. The molecule has 4 fully saturated rings. The maximum absolute atomic E-state index is 13.1. The van der Waals surface area contributed by atoms with Crippen LogP contribution < -0.4 is 0 Å². The monoisotopic (exact) mass is 640 g/mol. The highest BCUT2D eigenvalue weighted by Crippen LogP contribution is 2.71. The molecule has 0 unspecified atom stereocenters. The zero-order valence-electron chi connectivity index (χ0n) is 27.2. The summed E-state index contributed by atoms with van der Waals surface area (Å²) in [5, 5.41) is 24.6. The van der Waals surface area contributed by atoms with Gasteiger partial charge in [0, 0.05) is 51.9 Å². The first-order valence-corrected chi connectivity index (χ1v) is 15.2. The summed E-state index contributed by atoms with van der Waals surface area (Å²) in [6.45, 7) is 11.5. The van der Waals surface area contributed by atoms with Crippen molar-refractivity contribution in [1.82, 2.24) is 0 Å². The molecular formula is C31H44O14. The molecule has 4 aliphatic rings. The molecule has 0 aromatic heterocycles. The van der Waals surface area contributed by atoms with Gasteiger partial charge < -0.3 is 38.6 Å². The van der Waals surface area contributed by atoms with E-state index in [4.69, 9.17) is 28.4 Å². The average Bonchev–Trinajstić information content (AvgIpc) is 3.29. The molecule has 1 heterocycles. The molecule has 11 atom stereocenters. The summed E-state index contributed by atoms with van der Waals surface area (Å²) in [7, 11) is 0. The van der Waals surface area contributed by atoms with Gasteiger partial charge in [0.25, 0.3) is 0 Å². The fraction of sp³-hybridized carbons (Fsp3) is 0.806. The molecule has 0 amide bonds. The Bertz CT molecular complexity index is 1280. The molecule has 1 spiro atoms. The molecule has 14 nitrogen and oxygen atoms in total. The Hall–Kier alpha value is -3.26. The van der Waals surface area contributed by atoms with Crippen LogP contribution in [0.1, 0.15) is 88.0 Å². The van der Waals surface area contributed by atoms with E-state index in [1.807, 2.05) is 0 Å². The van der Waals surface area contributed by atoms with Crippen LogP contribution in [-0.4, -0.2) is 92.8 Å². The van der Waals surface area contributed by atoms with Gasteiger partial charge in [0.15, 0.2) is 29.5 Å². The van der Waals surface area contributed by atoms with Gasteiger partial charge in [-0.25, -0.2) is 0 Å². The van der Waals surface area contributed by atoms with Crippen LogP contribution in [0.25, 0.3) is 0 Å². The van der Waals surface area contributed by atoms with E-state index in [9.17, 15) is 39.0 Å². The number of ether oxygens (including phenoxy) is 6. The van der Waals surface area contributed by atoms with Crippen LogP contribution in [0, 0.1) is 23.2 Å². The molecule has 0 aromatic rings. The van der Waals surface area contributed by atoms with E-state index in [1.165, 1.54) is 27.7 Å². The van der Waals surface area contributed by atoms with Gasteiger partial charge in [-0.05, 0) is 40.5 Å². The second-order valence-electron chi connectivity index (χ2n) is 13.6.